The lowest BCUT2D eigenvalue weighted by molar-refractivity contribution is -0.121. The van der Waals surface area contributed by atoms with Gasteiger partial charge in [0.25, 0.3) is 0 Å². The van der Waals surface area contributed by atoms with E-state index in [1.807, 2.05) is 0 Å². The maximum absolute atomic E-state index is 11.3. The van der Waals surface area contributed by atoms with Crippen molar-refractivity contribution in [2.24, 2.45) is 5.92 Å². The summed E-state index contributed by atoms with van der Waals surface area (Å²) in [6, 6.07) is 0.627. The van der Waals surface area contributed by atoms with Crippen LogP contribution in [0, 0.1) is 5.92 Å². The van der Waals surface area contributed by atoms with Gasteiger partial charge in [-0.2, -0.15) is 0 Å². The molecule has 1 aliphatic carbocycles. The fraction of sp³-hybridized carbons (Fsp3) is 0.917. The number of hydrogen-bond donors (Lipinski definition) is 2. The molecular weight excluding hydrogens is 204 g/mol. The van der Waals surface area contributed by atoms with Crippen LogP contribution in [0.25, 0.3) is 0 Å². The molecule has 1 aliphatic rings. The predicted octanol–water partition coefficient (Wildman–Crippen LogP) is 0.917. The highest BCUT2D eigenvalue weighted by Crippen LogP contribution is 2.24. The second kappa shape index (κ2) is 7.63. The number of hydrogen-bond acceptors (Lipinski definition) is 3. The highest BCUT2D eigenvalue weighted by molar-refractivity contribution is 5.76. The van der Waals surface area contributed by atoms with E-state index in [4.69, 9.17) is 4.74 Å². The van der Waals surface area contributed by atoms with E-state index in [2.05, 4.69) is 17.6 Å². The van der Waals surface area contributed by atoms with Crippen LogP contribution in [-0.2, 0) is 9.53 Å². The number of rotatable bonds is 7. The SMILES string of the molecule is COCCNC(=O)CCNC1CCC(C)C1. The van der Waals surface area contributed by atoms with Crippen molar-refractivity contribution in [3.05, 3.63) is 0 Å². The van der Waals surface area contributed by atoms with Gasteiger partial charge in [-0.1, -0.05) is 6.92 Å². The van der Waals surface area contributed by atoms with Crippen LogP contribution in [0.5, 0.6) is 0 Å². The molecule has 0 aromatic carbocycles. The molecule has 2 N–H and O–H groups in total. The van der Waals surface area contributed by atoms with Crippen molar-refractivity contribution >= 4 is 5.91 Å². The number of nitrogens with one attached hydrogen (secondary N) is 2. The fourth-order valence-electron chi connectivity index (χ4n) is 2.16. The minimum Gasteiger partial charge on any atom is -0.383 e. The zero-order valence-electron chi connectivity index (χ0n) is 10.4. The number of carbonyl (C=O) groups excluding carboxylic acids is 1. The molecule has 0 radical (unpaired) electrons. The number of methoxy groups -OCH3 is 1. The van der Waals surface area contributed by atoms with Gasteiger partial charge in [0.1, 0.15) is 0 Å². The van der Waals surface area contributed by atoms with Gasteiger partial charge in [0.2, 0.25) is 5.91 Å². The molecule has 2 unspecified atom stereocenters. The van der Waals surface area contributed by atoms with Gasteiger partial charge in [-0.25, -0.2) is 0 Å². The predicted molar refractivity (Wildman–Crippen MR) is 64.3 cm³/mol. The topological polar surface area (TPSA) is 50.4 Å². The molecule has 0 heterocycles. The van der Waals surface area contributed by atoms with Crippen LogP contribution in [0.15, 0.2) is 0 Å². The summed E-state index contributed by atoms with van der Waals surface area (Å²) in [7, 11) is 1.63. The van der Waals surface area contributed by atoms with Gasteiger partial charge in [0, 0.05) is 32.7 Å². The minimum atomic E-state index is 0.107. The Balaban J connectivity index is 1.96. The van der Waals surface area contributed by atoms with Gasteiger partial charge in [-0.3, -0.25) is 4.79 Å². The van der Waals surface area contributed by atoms with E-state index in [9.17, 15) is 4.79 Å². The van der Waals surface area contributed by atoms with Gasteiger partial charge in [-0.15, -0.1) is 0 Å². The second-order valence-corrected chi connectivity index (χ2v) is 4.66. The molecule has 1 saturated carbocycles. The van der Waals surface area contributed by atoms with Crippen molar-refractivity contribution in [1.82, 2.24) is 10.6 Å². The van der Waals surface area contributed by atoms with Crippen LogP contribution in [0.1, 0.15) is 32.6 Å². The maximum atomic E-state index is 11.3. The Bertz CT molecular complexity index is 209. The molecule has 1 rings (SSSR count). The molecule has 94 valence electrons. The van der Waals surface area contributed by atoms with Crippen LogP contribution < -0.4 is 10.6 Å². The van der Waals surface area contributed by atoms with Crippen LogP contribution >= 0.6 is 0 Å². The highest BCUT2D eigenvalue weighted by atomic mass is 16.5. The van der Waals surface area contributed by atoms with Gasteiger partial charge < -0.3 is 15.4 Å². The molecule has 16 heavy (non-hydrogen) atoms. The van der Waals surface area contributed by atoms with Crippen molar-refractivity contribution in [3.63, 3.8) is 0 Å². The zero-order chi connectivity index (χ0) is 11.8. The quantitative estimate of drug-likeness (QED) is 0.637. The third kappa shape index (κ3) is 5.47. The van der Waals surface area contributed by atoms with Crippen molar-refractivity contribution in [2.45, 2.75) is 38.6 Å². The van der Waals surface area contributed by atoms with Crippen LogP contribution in [-0.4, -0.2) is 38.8 Å². The molecule has 0 bridgehead atoms. The summed E-state index contributed by atoms with van der Waals surface area (Å²) in [5.41, 5.74) is 0. The molecule has 0 aromatic rings. The normalized spacial score (nSPS) is 24.6. The highest BCUT2D eigenvalue weighted by Gasteiger charge is 2.20. The average molecular weight is 228 g/mol. The first-order valence-corrected chi connectivity index (χ1v) is 6.21. The Hall–Kier alpha value is -0.610. The van der Waals surface area contributed by atoms with Gasteiger partial charge in [-0.05, 0) is 25.2 Å². The molecule has 4 heteroatoms. The molecule has 0 spiro atoms. The molecule has 0 saturated heterocycles. The second-order valence-electron chi connectivity index (χ2n) is 4.66. The summed E-state index contributed by atoms with van der Waals surface area (Å²) in [6.07, 6.45) is 4.39. The molecule has 4 nitrogen and oxygen atoms in total. The lowest BCUT2D eigenvalue weighted by Crippen LogP contribution is -2.33. The zero-order valence-corrected chi connectivity index (χ0v) is 10.4. The van der Waals surface area contributed by atoms with Gasteiger partial charge in [0.15, 0.2) is 0 Å². The Kier molecular flexibility index (Phi) is 6.42. The van der Waals surface area contributed by atoms with E-state index in [0.717, 1.165) is 12.5 Å². The standard InChI is InChI=1S/C12H24N2O2/c1-10-3-4-11(9-10)13-6-5-12(15)14-7-8-16-2/h10-11,13H,3-9H2,1-2H3,(H,14,15). The summed E-state index contributed by atoms with van der Waals surface area (Å²) < 4.78 is 4.86. The van der Waals surface area contributed by atoms with Crippen molar-refractivity contribution in [1.29, 1.82) is 0 Å². The summed E-state index contributed by atoms with van der Waals surface area (Å²) in [4.78, 5) is 11.3. The monoisotopic (exact) mass is 228 g/mol. The average Bonchev–Trinajstić information content (AvgIpc) is 2.65. The van der Waals surface area contributed by atoms with E-state index < -0.39 is 0 Å². The number of carbonyl (C=O) groups is 1. The number of ether oxygens (including phenoxy) is 1. The smallest absolute Gasteiger partial charge is 0.221 e. The number of amides is 1. The minimum absolute atomic E-state index is 0.107. The van der Waals surface area contributed by atoms with Crippen molar-refractivity contribution < 1.29 is 9.53 Å². The van der Waals surface area contributed by atoms with Crippen LogP contribution in [0.4, 0.5) is 0 Å². The summed E-state index contributed by atoms with van der Waals surface area (Å²) >= 11 is 0. The molecule has 1 fully saturated rings. The first-order chi connectivity index (χ1) is 7.72. The summed E-state index contributed by atoms with van der Waals surface area (Å²) in [5.74, 6) is 0.948. The molecule has 0 aliphatic heterocycles. The Morgan fingerprint density at radius 1 is 1.38 bits per heavy atom. The van der Waals surface area contributed by atoms with E-state index >= 15 is 0 Å². The van der Waals surface area contributed by atoms with E-state index in [1.54, 1.807) is 7.11 Å². The molecule has 1 amide bonds. The Morgan fingerprint density at radius 2 is 2.19 bits per heavy atom. The van der Waals surface area contributed by atoms with E-state index in [1.165, 1.54) is 19.3 Å². The third-order valence-corrected chi connectivity index (χ3v) is 3.11. The van der Waals surface area contributed by atoms with Gasteiger partial charge >= 0.3 is 0 Å². The fourth-order valence-corrected chi connectivity index (χ4v) is 2.16. The maximum Gasteiger partial charge on any atom is 0.221 e. The summed E-state index contributed by atoms with van der Waals surface area (Å²) in [5, 5.41) is 6.26. The first kappa shape index (κ1) is 13.5. The van der Waals surface area contributed by atoms with Crippen LogP contribution in [0.3, 0.4) is 0 Å². The molecular formula is C12H24N2O2. The van der Waals surface area contributed by atoms with Crippen molar-refractivity contribution in [3.8, 4) is 0 Å². The lowest BCUT2D eigenvalue weighted by atomic mass is 10.1. The van der Waals surface area contributed by atoms with E-state index in [-0.39, 0.29) is 5.91 Å². The third-order valence-electron chi connectivity index (χ3n) is 3.11. The molecule has 2 atom stereocenters. The largest absolute Gasteiger partial charge is 0.383 e. The summed E-state index contributed by atoms with van der Waals surface area (Å²) in [6.45, 7) is 4.27. The molecule has 0 aromatic heterocycles. The Labute approximate surface area is 98.1 Å². The van der Waals surface area contributed by atoms with Gasteiger partial charge in [0.05, 0.1) is 6.61 Å². The first-order valence-electron chi connectivity index (χ1n) is 6.21. The van der Waals surface area contributed by atoms with Crippen molar-refractivity contribution in [2.75, 3.05) is 26.8 Å². The lowest BCUT2D eigenvalue weighted by Gasteiger charge is -2.12. The van der Waals surface area contributed by atoms with E-state index in [0.29, 0.717) is 25.6 Å². The van der Waals surface area contributed by atoms with Crippen LogP contribution in [0.2, 0.25) is 0 Å². The Morgan fingerprint density at radius 3 is 2.81 bits per heavy atom.